The first-order valence-electron chi connectivity index (χ1n) is 7.44. The average Bonchev–Trinajstić information content (AvgIpc) is 3.12. The summed E-state index contributed by atoms with van der Waals surface area (Å²) in [5.74, 6) is 0.994. The molecule has 1 unspecified atom stereocenters. The van der Waals surface area contributed by atoms with Crippen molar-refractivity contribution in [1.29, 1.82) is 0 Å². The van der Waals surface area contributed by atoms with Crippen molar-refractivity contribution in [2.24, 2.45) is 7.05 Å². The molecule has 1 atom stereocenters. The third kappa shape index (κ3) is 3.02. The SMILES string of the molecule is CC(c1nnnn1C)N1CCCN(C(=O)c2ccsc2)CC1. The van der Waals surface area contributed by atoms with Crippen molar-refractivity contribution < 1.29 is 4.79 Å². The number of nitrogens with zero attached hydrogens (tertiary/aromatic N) is 6. The highest BCUT2D eigenvalue weighted by molar-refractivity contribution is 7.08. The molecule has 1 fully saturated rings. The molecule has 0 spiro atoms. The fourth-order valence-electron chi connectivity index (χ4n) is 2.85. The number of tetrazole rings is 1. The molecule has 0 bridgehead atoms. The monoisotopic (exact) mass is 320 g/mol. The highest BCUT2D eigenvalue weighted by Crippen LogP contribution is 2.19. The Balaban J connectivity index is 1.65. The largest absolute Gasteiger partial charge is 0.337 e. The summed E-state index contributed by atoms with van der Waals surface area (Å²) in [5, 5.41) is 15.6. The van der Waals surface area contributed by atoms with Gasteiger partial charge in [0.1, 0.15) is 0 Å². The van der Waals surface area contributed by atoms with Crippen molar-refractivity contribution in [3.05, 3.63) is 28.2 Å². The van der Waals surface area contributed by atoms with Gasteiger partial charge in [0.25, 0.3) is 5.91 Å². The Labute approximate surface area is 133 Å². The summed E-state index contributed by atoms with van der Waals surface area (Å²) in [6.45, 7) is 5.44. The number of carbonyl (C=O) groups is 1. The molecule has 1 aliphatic rings. The highest BCUT2D eigenvalue weighted by atomic mass is 32.1. The van der Waals surface area contributed by atoms with Gasteiger partial charge in [-0.3, -0.25) is 9.69 Å². The molecule has 1 saturated heterocycles. The maximum absolute atomic E-state index is 12.5. The lowest BCUT2D eigenvalue weighted by Crippen LogP contribution is -2.36. The van der Waals surface area contributed by atoms with Crippen molar-refractivity contribution in [1.82, 2.24) is 30.0 Å². The predicted octanol–water partition coefficient (Wildman–Crippen LogP) is 1.18. The first-order chi connectivity index (χ1) is 10.7. The Kier molecular flexibility index (Phi) is 4.49. The van der Waals surface area contributed by atoms with Crippen LogP contribution in [0.5, 0.6) is 0 Å². The lowest BCUT2D eigenvalue weighted by molar-refractivity contribution is 0.0758. The number of aryl methyl sites for hydroxylation is 1. The van der Waals surface area contributed by atoms with Crippen LogP contribution in [0.1, 0.15) is 35.6 Å². The van der Waals surface area contributed by atoms with Gasteiger partial charge in [-0.25, -0.2) is 4.68 Å². The molecule has 2 aromatic heterocycles. The molecule has 118 valence electrons. The molecular weight excluding hydrogens is 300 g/mol. The van der Waals surface area contributed by atoms with Crippen molar-refractivity contribution >= 4 is 17.2 Å². The van der Waals surface area contributed by atoms with E-state index in [1.807, 2.05) is 28.8 Å². The minimum absolute atomic E-state index is 0.135. The van der Waals surface area contributed by atoms with Gasteiger partial charge < -0.3 is 4.90 Å². The number of aromatic nitrogens is 4. The Morgan fingerprint density at radius 1 is 1.32 bits per heavy atom. The van der Waals surface area contributed by atoms with Crippen LogP contribution in [0.2, 0.25) is 0 Å². The summed E-state index contributed by atoms with van der Waals surface area (Å²) in [7, 11) is 1.86. The Morgan fingerprint density at radius 3 is 2.86 bits per heavy atom. The molecule has 0 aromatic carbocycles. The van der Waals surface area contributed by atoms with Gasteiger partial charge in [-0.2, -0.15) is 11.3 Å². The van der Waals surface area contributed by atoms with Gasteiger partial charge in [-0.1, -0.05) is 0 Å². The smallest absolute Gasteiger partial charge is 0.254 e. The number of amides is 1. The second kappa shape index (κ2) is 6.53. The van der Waals surface area contributed by atoms with Crippen LogP contribution < -0.4 is 0 Å². The van der Waals surface area contributed by atoms with Crippen LogP contribution in [-0.4, -0.2) is 62.1 Å². The van der Waals surface area contributed by atoms with Gasteiger partial charge in [0.2, 0.25) is 0 Å². The highest BCUT2D eigenvalue weighted by Gasteiger charge is 2.25. The number of hydrogen-bond acceptors (Lipinski definition) is 6. The summed E-state index contributed by atoms with van der Waals surface area (Å²) in [6.07, 6.45) is 0.964. The number of rotatable bonds is 3. The Hall–Kier alpha value is -1.80. The predicted molar refractivity (Wildman–Crippen MR) is 83.6 cm³/mol. The molecule has 7 nitrogen and oxygen atoms in total. The van der Waals surface area contributed by atoms with Crippen LogP contribution in [-0.2, 0) is 7.05 Å². The second-order valence-corrected chi connectivity index (χ2v) is 6.31. The fourth-order valence-corrected chi connectivity index (χ4v) is 3.48. The summed E-state index contributed by atoms with van der Waals surface area (Å²) < 4.78 is 1.71. The number of thiophene rings is 1. The first kappa shape index (κ1) is 15.1. The molecular formula is C14H20N6OS. The third-order valence-electron chi connectivity index (χ3n) is 4.16. The van der Waals surface area contributed by atoms with Gasteiger partial charge >= 0.3 is 0 Å². The molecule has 8 heteroatoms. The normalized spacial score (nSPS) is 18.2. The third-order valence-corrected chi connectivity index (χ3v) is 4.84. The van der Waals surface area contributed by atoms with E-state index in [2.05, 4.69) is 27.3 Å². The van der Waals surface area contributed by atoms with Crippen LogP contribution in [0.25, 0.3) is 0 Å². The molecule has 3 heterocycles. The van der Waals surface area contributed by atoms with E-state index in [4.69, 9.17) is 0 Å². The van der Waals surface area contributed by atoms with Gasteiger partial charge in [0.05, 0.1) is 11.6 Å². The Morgan fingerprint density at radius 2 is 2.18 bits per heavy atom. The maximum atomic E-state index is 12.5. The van der Waals surface area contributed by atoms with E-state index in [-0.39, 0.29) is 11.9 Å². The second-order valence-electron chi connectivity index (χ2n) is 5.53. The zero-order valence-corrected chi connectivity index (χ0v) is 13.7. The number of hydrogen-bond donors (Lipinski definition) is 0. The van der Waals surface area contributed by atoms with Crippen molar-refractivity contribution in [3.63, 3.8) is 0 Å². The van der Waals surface area contributed by atoms with E-state index in [0.717, 1.165) is 44.0 Å². The lowest BCUT2D eigenvalue weighted by atomic mass is 10.2. The van der Waals surface area contributed by atoms with Crippen molar-refractivity contribution in [2.45, 2.75) is 19.4 Å². The minimum Gasteiger partial charge on any atom is -0.337 e. The van der Waals surface area contributed by atoms with E-state index in [9.17, 15) is 4.79 Å². The summed E-state index contributed by atoms with van der Waals surface area (Å²) in [5.41, 5.74) is 0.795. The van der Waals surface area contributed by atoms with Gasteiger partial charge in [-0.15, -0.1) is 5.10 Å². The van der Waals surface area contributed by atoms with Crippen LogP contribution in [0.3, 0.4) is 0 Å². The van der Waals surface area contributed by atoms with E-state index < -0.39 is 0 Å². The molecule has 1 amide bonds. The molecule has 0 radical (unpaired) electrons. The van der Waals surface area contributed by atoms with Gasteiger partial charge in [0.15, 0.2) is 5.82 Å². The lowest BCUT2D eigenvalue weighted by Gasteiger charge is -2.26. The van der Waals surface area contributed by atoms with E-state index in [1.54, 1.807) is 16.0 Å². The van der Waals surface area contributed by atoms with Crippen LogP contribution in [0, 0.1) is 0 Å². The van der Waals surface area contributed by atoms with Crippen molar-refractivity contribution in [2.75, 3.05) is 26.2 Å². The standard InChI is InChI=1S/C14H20N6OS/c1-11(13-15-16-17-18(13)2)19-5-3-6-20(8-7-19)14(21)12-4-9-22-10-12/h4,9-11H,3,5-8H2,1-2H3. The molecule has 22 heavy (non-hydrogen) atoms. The van der Waals surface area contributed by atoms with Gasteiger partial charge in [-0.05, 0) is 35.2 Å². The van der Waals surface area contributed by atoms with Crippen molar-refractivity contribution in [3.8, 4) is 0 Å². The summed E-state index contributed by atoms with van der Waals surface area (Å²) in [6, 6.07) is 2.04. The topological polar surface area (TPSA) is 67.2 Å². The number of carbonyl (C=O) groups excluding carboxylic acids is 1. The quantitative estimate of drug-likeness (QED) is 0.849. The van der Waals surface area contributed by atoms with Crippen LogP contribution >= 0.6 is 11.3 Å². The maximum Gasteiger partial charge on any atom is 0.254 e. The average molecular weight is 320 g/mol. The van der Waals surface area contributed by atoms with E-state index in [0.29, 0.717) is 0 Å². The molecule has 0 N–H and O–H groups in total. The first-order valence-corrected chi connectivity index (χ1v) is 8.39. The zero-order chi connectivity index (χ0) is 15.5. The van der Waals surface area contributed by atoms with E-state index in [1.165, 1.54) is 0 Å². The molecule has 0 aliphatic carbocycles. The summed E-state index contributed by atoms with van der Waals surface area (Å²) in [4.78, 5) is 16.7. The fraction of sp³-hybridized carbons (Fsp3) is 0.571. The molecule has 3 rings (SSSR count). The summed E-state index contributed by atoms with van der Waals surface area (Å²) >= 11 is 1.56. The van der Waals surface area contributed by atoms with Gasteiger partial charge in [0, 0.05) is 38.6 Å². The molecule has 2 aromatic rings. The van der Waals surface area contributed by atoms with E-state index >= 15 is 0 Å². The zero-order valence-electron chi connectivity index (χ0n) is 12.8. The minimum atomic E-state index is 0.135. The molecule has 0 saturated carbocycles. The Bertz CT molecular complexity index is 625. The molecule has 1 aliphatic heterocycles. The van der Waals surface area contributed by atoms with Crippen LogP contribution in [0.15, 0.2) is 16.8 Å². The van der Waals surface area contributed by atoms with Crippen LogP contribution in [0.4, 0.5) is 0 Å².